The van der Waals surface area contributed by atoms with E-state index in [1.165, 1.54) is 63.5 Å². The van der Waals surface area contributed by atoms with E-state index in [0.29, 0.717) is 8.58 Å². The molecular weight excluding hydrogens is 629 g/mol. The van der Waals surface area contributed by atoms with E-state index in [1.54, 1.807) is 7.11 Å². The molecule has 0 aliphatic heterocycles. The summed E-state index contributed by atoms with van der Waals surface area (Å²) in [6.45, 7) is 24.0. The molecule has 2 atom stereocenters. The normalized spacial score (nSPS) is 13.7. The van der Waals surface area contributed by atoms with Crippen molar-refractivity contribution in [2.24, 2.45) is 0 Å². The molecule has 0 radical (unpaired) electrons. The second kappa shape index (κ2) is 18.0. The number of ether oxygens (including phenoxy) is 2. The summed E-state index contributed by atoms with van der Waals surface area (Å²) < 4.78 is 12.3. The summed E-state index contributed by atoms with van der Waals surface area (Å²) in [5, 5.41) is 1.43. The van der Waals surface area contributed by atoms with Gasteiger partial charge in [0.1, 0.15) is 5.75 Å². The average Bonchev–Trinajstić information content (AvgIpc) is 3.08. The highest BCUT2D eigenvalue weighted by atomic mass is 31.1. The monoisotopic (exact) mass is 693 g/mol. The zero-order chi connectivity index (χ0) is 36.4. The molecule has 0 N–H and O–H groups in total. The second-order valence-corrected chi connectivity index (χ2v) is 17.9. The van der Waals surface area contributed by atoms with Gasteiger partial charge >= 0.3 is 0 Å². The Morgan fingerprint density at radius 2 is 1.28 bits per heavy atom. The summed E-state index contributed by atoms with van der Waals surface area (Å²) in [7, 11) is 2.33. The molecule has 2 unspecified atom stereocenters. The molecule has 0 fully saturated rings. The second-order valence-electron chi connectivity index (χ2n) is 16.2. The first-order valence-electron chi connectivity index (χ1n) is 18.8. The molecular formula is C46H64NO2P. The van der Waals surface area contributed by atoms with Crippen LogP contribution in [-0.4, -0.2) is 18.8 Å². The van der Waals surface area contributed by atoms with Crippen LogP contribution in [0.3, 0.4) is 0 Å². The van der Waals surface area contributed by atoms with Crippen molar-refractivity contribution < 1.29 is 9.47 Å². The predicted molar refractivity (Wildman–Crippen MR) is 217 cm³/mol. The van der Waals surface area contributed by atoms with Gasteiger partial charge in [0.2, 0.25) is 0 Å². The highest BCUT2D eigenvalue weighted by molar-refractivity contribution is 7.48. The van der Waals surface area contributed by atoms with Crippen LogP contribution in [0, 0.1) is 6.92 Å². The van der Waals surface area contributed by atoms with Gasteiger partial charge < -0.3 is 9.47 Å². The first-order valence-corrected chi connectivity index (χ1v) is 19.8. The number of hydrogen-bond acceptors (Lipinski definition) is 3. The fraction of sp³-hybridized carbons (Fsp3) is 0.478. The van der Waals surface area contributed by atoms with E-state index in [2.05, 4.69) is 158 Å². The van der Waals surface area contributed by atoms with Gasteiger partial charge in [-0.05, 0) is 63.7 Å². The first kappa shape index (κ1) is 39.8. The van der Waals surface area contributed by atoms with Gasteiger partial charge in [0.25, 0.3) is 0 Å². The fourth-order valence-corrected chi connectivity index (χ4v) is 8.90. The number of rotatable bonds is 17. The van der Waals surface area contributed by atoms with Gasteiger partial charge in [-0.15, -0.1) is 0 Å². The zero-order valence-electron chi connectivity index (χ0n) is 32.8. The van der Waals surface area contributed by atoms with Crippen LogP contribution >= 0.6 is 8.58 Å². The van der Waals surface area contributed by atoms with E-state index in [9.17, 15) is 0 Å². The Morgan fingerprint density at radius 3 is 1.80 bits per heavy atom. The standard InChI is InChI=1S/C46H64NO2P/c1-11-13-20-28-46(12-2,41-30-39(44(4,5)6)29-40(45(7,8)9)42(41)49-34-48-10)50-43-35(3)22-21-27-38(43)33-47(31-36-23-16-14-17-24-36)32-37-25-18-15-19-26-37/h14-19,21-27,29-30,50H,11-13,20,28,31-34H2,1-10H3. The molecule has 3 nitrogen and oxygen atoms in total. The SMILES string of the molecule is CCCCCC(CC)(Pc1c(C)cccc1CN(Cc1ccccc1)Cc1ccccc1)c1cc(C(C)(C)C)cc(C(C)(C)C)c1OCOC. The molecule has 0 aliphatic rings. The van der Waals surface area contributed by atoms with Gasteiger partial charge in [0, 0.05) is 43.0 Å². The number of benzene rings is 4. The molecule has 0 amide bonds. The Morgan fingerprint density at radius 1 is 0.680 bits per heavy atom. The number of nitrogens with zero attached hydrogens (tertiary/aromatic N) is 1. The summed E-state index contributed by atoms with van der Waals surface area (Å²) in [6, 6.07) is 33.7. The van der Waals surface area contributed by atoms with Crippen LogP contribution in [0.2, 0.25) is 0 Å². The molecule has 0 saturated heterocycles. The van der Waals surface area contributed by atoms with Crippen LogP contribution in [-0.2, 0) is 40.4 Å². The minimum atomic E-state index is -0.0890. The molecule has 4 heteroatoms. The van der Waals surface area contributed by atoms with Crippen LogP contribution in [0.15, 0.2) is 91.0 Å². The molecule has 4 rings (SSSR count). The van der Waals surface area contributed by atoms with Gasteiger partial charge in [0.15, 0.2) is 6.79 Å². The summed E-state index contributed by atoms with van der Waals surface area (Å²) in [5.74, 6) is 1.03. The van der Waals surface area contributed by atoms with Crippen molar-refractivity contribution in [2.75, 3.05) is 13.9 Å². The van der Waals surface area contributed by atoms with Gasteiger partial charge in [-0.2, -0.15) is 0 Å². The fourth-order valence-electron chi connectivity index (χ4n) is 7.01. The van der Waals surface area contributed by atoms with E-state index < -0.39 is 0 Å². The molecule has 0 aromatic heterocycles. The molecule has 50 heavy (non-hydrogen) atoms. The van der Waals surface area contributed by atoms with Gasteiger partial charge in [-0.25, -0.2) is 0 Å². The first-order chi connectivity index (χ1) is 23.8. The summed E-state index contributed by atoms with van der Waals surface area (Å²) >= 11 is 0. The van der Waals surface area contributed by atoms with Gasteiger partial charge in [-0.3, -0.25) is 4.90 Å². The Balaban J connectivity index is 1.90. The van der Waals surface area contributed by atoms with Gasteiger partial charge in [-0.1, -0.05) is 174 Å². The Bertz CT molecular complexity index is 1580. The number of aryl methyl sites for hydroxylation is 1. The molecule has 0 bridgehead atoms. The largest absolute Gasteiger partial charge is 0.467 e. The summed E-state index contributed by atoms with van der Waals surface area (Å²) in [6.07, 6.45) is 5.80. The zero-order valence-corrected chi connectivity index (χ0v) is 33.8. The van der Waals surface area contributed by atoms with E-state index in [4.69, 9.17) is 9.47 Å². The Kier molecular flexibility index (Phi) is 14.3. The highest BCUT2D eigenvalue weighted by Gasteiger charge is 2.38. The van der Waals surface area contributed by atoms with Crippen molar-refractivity contribution >= 4 is 13.9 Å². The lowest BCUT2D eigenvalue weighted by molar-refractivity contribution is 0.0485. The van der Waals surface area contributed by atoms with E-state index in [0.717, 1.165) is 38.2 Å². The quantitative estimate of drug-likeness (QED) is 0.0624. The van der Waals surface area contributed by atoms with Crippen LogP contribution in [0.5, 0.6) is 5.75 Å². The van der Waals surface area contributed by atoms with Crippen LogP contribution in [0.1, 0.15) is 126 Å². The maximum absolute atomic E-state index is 6.70. The number of hydrogen-bond donors (Lipinski definition) is 0. The lowest BCUT2D eigenvalue weighted by atomic mass is 9.76. The lowest BCUT2D eigenvalue weighted by Crippen LogP contribution is -2.30. The van der Waals surface area contributed by atoms with Crippen molar-refractivity contribution in [2.45, 2.75) is 130 Å². The van der Waals surface area contributed by atoms with Crippen molar-refractivity contribution in [3.63, 3.8) is 0 Å². The third-order valence-electron chi connectivity index (χ3n) is 10.0. The average molecular weight is 694 g/mol. The number of unbranched alkanes of at least 4 members (excludes halogenated alkanes) is 2. The minimum absolute atomic E-state index is 0.00372. The van der Waals surface area contributed by atoms with Crippen molar-refractivity contribution in [3.8, 4) is 5.75 Å². The van der Waals surface area contributed by atoms with Crippen molar-refractivity contribution in [3.05, 3.63) is 130 Å². The minimum Gasteiger partial charge on any atom is -0.467 e. The van der Waals surface area contributed by atoms with E-state index >= 15 is 0 Å². The number of methoxy groups -OCH3 is 1. The lowest BCUT2D eigenvalue weighted by Gasteiger charge is -2.39. The molecule has 270 valence electrons. The van der Waals surface area contributed by atoms with Crippen LogP contribution in [0.25, 0.3) is 0 Å². The third kappa shape index (κ3) is 10.5. The molecule has 0 saturated carbocycles. The molecule has 0 heterocycles. The maximum Gasteiger partial charge on any atom is 0.188 e. The van der Waals surface area contributed by atoms with Crippen LogP contribution in [0.4, 0.5) is 0 Å². The molecule has 0 spiro atoms. The highest BCUT2D eigenvalue weighted by Crippen LogP contribution is 2.54. The summed E-state index contributed by atoms with van der Waals surface area (Å²) in [4.78, 5) is 2.61. The smallest absolute Gasteiger partial charge is 0.188 e. The molecule has 4 aromatic rings. The van der Waals surface area contributed by atoms with Gasteiger partial charge in [0.05, 0.1) is 0 Å². The van der Waals surface area contributed by atoms with Crippen molar-refractivity contribution in [1.29, 1.82) is 0 Å². The summed E-state index contributed by atoms with van der Waals surface area (Å²) in [5.41, 5.74) is 9.44. The third-order valence-corrected chi connectivity index (χ3v) is 12.3. The Labute approximate surface area is 307 Å². The molecule has 0 aliphatic carbocycles. The Hall–Kier alpha value is -2.97. The van der Waals surface area contributed by atoms with Crippen LogP contribution < -0.4 is 10.0 Å². The van der Waals surface area contributed by atoms with E-state index in [1.807, 2.05) is 0 Å². The predicted octanol–water partition coefficient (Wildman–Crippen LogP) is 12.0. The maximum atomic E-state index is 6.70. The molecule has 4 aromatic carbocycles. The van der Waals surface area contributed by atoms with E-state index in [-0.39, 0.29) is 22.8 Å². The van der Waals surface area contributed by atoms with Crippen molar-refractivity contribution in [1.82, 2.24) is 4.90 Å². The topological polar surface area (TPSA) is 21.7 Å².